The van der Waals surface area contributed by atoms with Crippen molar-refractivity contribution in [2.45, 2.75) is 53.4 Å². The van der Waals surface area contributed by atoms with E-state index in [1.54, 1.807) is 5.57 Å². The molecule has 1 aliphatic rings. The van der Waals surface area contributed by atoms with Crippen LogP contribution in [0, 0.1) is 17.8 Å². The third-order valence-electron chi connectivity index (χ3n) is 3.48. The second-order valence-corrected chi connectivity index (χ2v) is 4.86. The molecule has 0 aromatic heterocycles. The van der Waals surface area contributed by atoms with Crippen LogP contribution in [0.3, 0.4) is 0 Å². The van der Waals surface area contributed by atoms with Crippen LogP contribution in [-0.2, 0) is 0 Å². The van der Waals surface area contributed by atoms with Crippen LogP contribution in [0.1, 0.15) is 53.4 Å². The van der Waals surface area contributed by atoms with Crippen molar-refractivity contribution in [1.29, 1.82) is 0 Å². The Hall–Kier alpha value is -0.260. The summed E-state index contributed by atoms with van der Waals surface area (Å²) in [5.41, 5.74) is 1.70. The maximum absolute atomic E-state index is 2.49. The minimum atomic E-state index is 0.875. The Morgan fingerprint density at radius 3 is 2.46 bits per heavy atom. The van der Waals surface area contributed by atoms with E-state index in [0.717, 1.165) is 17.8 Å². The van der Waals surface area contributed by atoms with Crippen molar-refractivity contribution >= 4 is 0 Å². The van der Waals surface area contributed by atoms with E-state index in [2.05, 4.69) is 33.8 Å². The monoisotopic (exact) mass is 180 g/mol. The molecule has 0 spiro atoms. The van der Waals surface area contributed by atoms with Crippen LogP contribution in [0.4, 0.5) is 0 Å². The number of allylic oxidation sites excluding steroid dienone is 2. The topological polar surface area (TPSA) is 0 Å². The van der Waals surface area contributed by atoms with Gasteiger partial charge in [0.25, 0.3) is 0 Å². The molecule has 0 heterocycles. The smallest absolute Gasteiger partial charge is 0.0194 e. The molecular weight excluding hydrogens is 156 g/mol. The van der Waals surface area contributed by atoms with Crippen molar-refractivity contribution in [3.05, 3.63) is 11.6 Å². The molecule has 76 valence electrons. The summed E-state index contributed by atoms with van der Waals surface area (Å²) in [5.74, 6) is 2.69. The summed E-state index contributed by atoms with van der Waals surface area (Å²) >= 11 is 0. The molecule has 0 radical (unpaired) electrons. The predicted molar refractivity (Wildman–Crippen MR) is 59.7 cm³/mol. The minimum Gasteiger partial charge on any atom is -0.0848 e. The van der Waals surface area contributed by atoms with Gasteiger partial charge in [-0.05, 0) is 30.6 Å². The van der Waals surface area contributed by atoms with Gasteiger partial charge in [0.05, 0.1) is 0 Å². The van der Waals surface area contributed by atoms with Crippen LogP contribution in [0.25, 0.3) is 0 Å². The summed E-state index contributed by atoms with van der Waals surface area (Å²) in [6.45, 7) is 9.39. The van der Waals surface area contributed by atoms with Crippen LogP contribution in [0.2, 0.25) is 0 Å². The zero-order valence-electron chi connectivity index (χ0n) is 9.64. The first-order chi connectivity index (χ1) is 6.15. The lowest BCUT2D eigenvalue weighted by atomic mass is 9.89. The van der Waals surface area contributed by atoms with Gasteiger partial charge < -0.3 is 0 Å². The fourth-order valence-corrected chi connectivity index (χ4v) is 1.89. The van der Waals surface area contributed by atoms with Crippen LogP contribution in [0.5, 0.6) is 0 Å². The van der Waals surface area contributed by atoms with Gasteiger partial charge in [0.2, 0.25) is 0 Å². The lowest BCUT2D eigenvalue weighted by Gasteiger charge is -2.17. The molecular formula is C13H24. The lowest BCUT2D eigenvalue weighted by Crippen LogP contribution is -2.06. The number of hydrogen-bond acceptors (Lipinski definition) is 0. The molecule has 13 heavy (non-hydrogen) atoms. The molecule has 0 aromatic carbocycles. The minimum absolute atomic E-state index is 0.875. The Morgan fingerprint density at radius 1 is 1.38 bits per heavy atom. The summed E-state index contributed by atoms with van der Waals surface area (Å²) in [4.78, 5) is 0. The van der Waals surface area contributed by atoms with E-state index in [4.69, 9.17) is 0 Å². The fourth-order valence-electron chi connectivity index (χ4n) is 1.89. The van der Waals surface area contributed by atoms with E-state index in [1.165, 1.54) is 25.7 Å². The summed E-state index contributed by atoms with van der Waals surface area (Å²) in [6, 6.07) is 0. The van der Waals surface area contributed by atoms with Crippen LogP contribution in [0.15, 0.2) is 11.6 Å². The van der Waals surface area contributed by atoms with Crippen LogP contribution < -0.4 is 0 Å². The standard InChI is InChI=1S/C13H24/c1-5-6-10(2)11(3)7-8-13-9-12(13)4/h8,10-12H,5-7,9H2,1-4H3. The average molecular weight is 180 g/mol. The molecule has 3 atom stereocenters. The molecule has 0 saturated heterocycles. The van der Waals surface area contributed by atoms with Crippen molar-refractivity contribution in [3.8, 4) is 0 Å². The molecule has 3 unspecified atom stereocenters. The molecule has 1 aliphatic carbocycles. The third-order valence-corrected chi connectivity index (χ3v) is 3.48. The third kappa shape index (κ3) is 3.54. The van der Waals surface area contributed by atoms with Gasteiger partial charge in [-0.15, -0.1) is 0 Å². The van der Waals surface area contributed by atoms with Gasteiger partial charge in [0.1, 0.15) is 0 Å². The van der Waals surface area contributed by atoms with Gasteiger partial charge >= 0.3 is 0 Å². The Morgan fingerprint density at radius 2 is 2.00 bits per heavy atom. The number of rotatable bonds is 5. The van der Waals surface area contributed by atoms with E-state index in [-0.39, 0.29) is 0 Å². The Bertz CT molecular complexity index is 178. The van der Waals surface area contributed by atoms with Crippen molar-refractivity contribution in [1.82, 2.24) is 0 Å². The SMILES string of the molecule is CCCC(C)C(C)CC=C1CC1C. The average Bonchev–Trinajstić information content (AvgIpc) is 2.78. The van der Waals surface area contributed by atoms with Gasteiger partial charge in [0, 0.05) is 0 Å². The zero-order valence-corrected chi connectivity index (χ0v) is 9.64. The first kappa shape index (κ1) is 10.8. The quantitative estimate of drug-likeness (QED) is 0.550. The summed E-state index contributed by atoms with van der Waals surface area (Å²) < 4.78 is 0. The number of hydrogen-bond donors (Lipinski definition) is 0. The molecule has 0 heteroatoms. The van der Waals surface area contributed by atoms with E-state index < -0.39 is 0 Å². The van der Waals surface area contributed by atoms with Gasteiger partial charge in [-0.25, -0.2) is 0 Å². The molecule has 1 rings (SSSR count). The lowest BCUT2D eigenvalue weighted by molar-refractivity contribution is 0.364. The maximum Gasteiger partial charge on any atom is -0.0194 e. The fraction of sp³-hybridized carbons (Fsp3) is 0.846. The highest BCUT2D eigenvalue weighted by Crippen LogP contribution is 2.37. The highest BCUT2D eigenvalue weighted by atomic mass is 14.3. The summed E-state index contributed by atoms with van der Waals surface area (Å²) in [7, 11) is 0. The van der Waals surface area contributed by atoms with Crippen molar-refractivity contribution in [2.24, 2.45) is 17.8 Å². The predicted octanol–water partition coefficient (Wildman–Crippen LogP) is 4.42. The van der Waals surface area contributed by atoms with Gasteiger partial charge in [0.15, 0.2) is 0 Å². The van der Waals surface area contributed by atoms with E-state index in [0.29, 0.717) is 0 Å². The normalized spacial score (nSPS) is 28.9. The van der Waals surface area contributed by atoms with Crippen molar-refractivity contribution < 1.29 is 0 Å². The highest BCUT2D eigenvalue weighted by molar-refractivity contribution is 5.21. The Balaban J connectivity index is 2.20. The largest absolute Gasteiger partial charge is 0.0848 e. The molecule has 0 bridgehead atoms. The first-order valence-electron chi connectivity index (χ1n) is 5.84. The molecule has 0 aromatic rings. The first-order valence-corrected chi connectivity index (χ1v) is 5.84. The molecule has 1 saturated carbocycles. The summed E-state index contributed by atoms with van der Waals surface area (Å²) in [5, 5.41) is 0. The molecule has 1 fully saturated rings. The van der Waals surface area contributed by atoms with Gasteiger partial charge in [-0.1, -0.05) is 52.2 Å². The van der Waals surface area contributed by atoms with E-state index in [1.807, 2.05) is 0 Å². The zero-order chi connectivity index (χ0) is 9.84. The molecule has 0 aliphatic heterocycles. The second-order valence-electron chi connectivity index (χ2n) is 4.86. The van der Waals surface area contributed by atoms with Crippen LogP contribution >= 0.6 is 0 Å². The van der Waals surface area contributed by atoms with Crippen LogP contribution in [-0.4, -0.2) is 0 Å². The molecule has 0 nitrogen and oxygen atoms in total. The Kier molecular flexibility index (Phi) is 4.02. The summed E-state index contributed by atoms with van der Waals surface area (Å²) in [6.07, 6.45) is 7.88. The van der Waals surface area contributed by atoms with Crippen molar-refractivity contribution in [3.63, 3.8) is 0 Å². The highest BCUT2D eigenvalue weighted by Gasteiger charge is 2.23. The van der Waals surface area contributed by atoms with Gasteiger partial charge in [-0.2, -0.15) is 0 Å². The Labute approximate surface area is 83.4 Å². The molecule has 0 amide bonds. The van der Waals surface area contributed by atoms with Gasteiger partial charge in [-0.3, -0.25) is 0 Å². The second kappa shape index (κ2) is 4.83. The van der Waals surface area contributed by atoms with E-state index in [9.17, 15) is 0 Å². The molecule has 0 N–H and O–H groups in total. The van der Waals surface area contributed by atoms with E-state index >= 15 is 0 Å². The van der Waals surface area contributed by atoms with Crippen molar-refractivity contribution in [2.75, 3.05) is 0 Å². The maximum atomic E-state index is 2.49.